The van der Waals surface area contributed by atoms with E-state index in [-0.39, 0.29) is 0 Å². The number of piperazine rings is 1. The van der Waals surface area contributed by atoms with E-state index in [2.05, 4.69) is 64.3 Å². The van der Waals surface area contributed by atoms with Crippen molar-refractivity contribution in [2.75, 3.05) is 13.1 Å². The van der Waals surface area contributed by atoms with Gasteiger partial charge < -0.3 is 5.32 Å². The summed E-state index contributed by atoms with van der Waals surface area (Å²) in [5.74, 6) is 0. The van der Waals surface area contributed by atoms with Gasteiger partial charge in [0, 0.05) is 36.2 Å². The summed E-state index contributed by atoms with van der Waals surface area (Å²) in [6.07, 6.45) is 5.11. The summed E-state index contributed by atoms with van der Waals surface area (Å²) in [6.45, 7) is 7.97. The van der Waals surface area contributed by atoms with Crippen molar-refractivity contribution in [2.45, 2.75) is 58.2 Å². The molecule has 0 aromatic heterocycles. The molecule has 0 amide bonds. The molecular formula is C17H27BrN2. The third-order valence-electron chi connectivity index (χ3n) is 4.15. The SMILES string of the molecule is CCCC1CN(Cc2cccc(Br)c2)C(CCC)CN1. The highest BCUT2D eigenvalue weighted by Crippen LogP contribution is 2.19. The summed E-state index contributed by atoms with van der Waals surface area (Å²) in [7, 11) is 0. The lowest BCUT2D eigenvalue weighted by Crippen LogP contribution is -2.55. The molecule has 1 fully saturated rings. The molecule has 1 aromatic rings. The van der Waals surface area contributed by atoms with Crippen LogP contribution < -0.4 is 5.32 Å². The van der Waals surface area contributed by atoms with Gasteiger partial charge in [-0.25, -0.2) is 0 Å². The summed E-state index contributed by atoms with van der Waals surface area (Å²) in [5, 5.41) is 3.73. The fourth-order valence-electron chi connectivity index (χ4n) is 3.15. The molecule has 112 valence electrons. The summed E-state index contributed by atoms with van der Waals surface area (Å²) in [5.41, 5.74) is 1.41. The molecule has 0 bridgehead atoms. The van der Waals surface area contributed by atoms with E-state index in [1.807, 2.05) is 0 Å². The Morgan fingerprint density at radius 2 is 2.05 bits per heavy atom. The first-order valence-corrected chi connectivity index (χ1v) is 8.74. The van der Waals surface area contributed by atoms with E-state index in [4.69, 9.17) is 0 Å². The third kappa shape index (κ3) is 4.57. The van der Waals surface area contributed by atoms with Crippen LogP contribution in [0.15, 0.2) is 28.7 Å². The summed E-state index contributed by atoms with van der Waals surface area (Å²) < 4.78 is 1.18. The fourth-order valence-corrected chi connectivity index (χ4v) is 3.60. The minimum absolute atomic E-state index is 0.667. The number of nitrogens with zero attached hydrogens (tertiary/aromatic N) is 1. The van der Waals surface area contributed by atoms with Gasteiger partial charge >= 0.3 is 0 Å². The van der Waals surface area contributed by atoms with Gasteiger partial charge in [-0.2, -0.15) is 0 Å². The Morgan fingerprint density at radius 1 is 1.25 bits per heavy atom. The van der Waals surface area contributed by atoms with E-state index in [0.29, 0.717) is 12.1 Å². The minimum atomic E-state index is 0.667. The van der Waals surface area contributed by atoms with Gasteiger partial charge in [0.2, 0.25) is 0 Å². The van der Waals surface area contributed by atoms with Gasteiger partial charge in [-0.05, 0) is 30.5 Å². The molecule has 1 aliphatic rings. The average Bonchev–Trinajstić information content (AvgIpc) is 2.42. The van der Waals surface area contributed by atoms with Crippen molar-refractivity contribution in [1.82, 2.24) is 10.2 Å². The number of hydrogen-bond acceptors (Lipinski definition) is 2. The Balaban J connectivity index is 2.02. The molecule has 20 heavy (non-hydrogen) atoms. The zero-order valence-corrected chi connectivity index (χ0v) is 14.3. The smallest absolute Gasteiger partial charge is 0.0238 e. The zero-order chi connectivity index (χ0) is 14.4. The molecule has 3 heteroatoms. The first-order chi connectivity index (χ1) is 9.72. The van der Waals surface area contributed by atoms with Crippen LogP contribution in [0, 0.1) is 0 Å². The quantitative estimate of drug-likeness (QED) is 0.836. The molecule has 0 aliphatic carbocycles. The number of halogens is 1. The number of rotatable bonds is 6. The number of nitrogens with one attached hydrogen (secondary N) is 1. The van der Waals surface area contributed by atoms with Crippen molar-refractivity contribution in [1.29, 1.82) is 0 Å². The summed E-state index contributed by atoms with van der Waals surface area (Å²) in [4.78, 5) is 2.68. The monoisotopic (exact) mass is 338 g/mol. The van der Waals surface area contributed by atoms with Gasteiger partial charge in [0.25, 0.3) is 0 Å². The van der Waals surface area contributed by atoms with E-state index in [1.165, 1.54) is 42.3 Å². The second-order valence-corrected chi connectivity index (χ2v) is 6.81. The molecule has 2 atom stereocenters. The van der Waals surface area contributed by atoms with E-state index in [1.54, 1.807) is 0 Å². The molecule has 0 radical (unpaired) electrons. The van der Waals surface area contributed by atoms with Crippen LogP contribution >= 0.6 is 15.9 Å². The van der Waals surface area contributed by atoms with Crippen LogP contribution in [0.1, 0.15) is 45.1 Å². The Kier molecular flexibility index (Phi) is 6.53. The molecule has 1 aromatic carbocycles. The van der Waals surface area contributed by atoms with E-state index >= 15 is 0 Å². The highest BCUT2D eigenvalue weighted by atomic mass is 79.9. The van der Waals surface area contributed by atoms with Crippen molar-refractivity contribution >= 4 is 15.9 Å². The normalized spacial score (nSPS) is 23.9. The number of benzene rings is 1. The summed E-state index contributed by atoms with van der Waals surface area (Å²) >= 11 is 3.58. The Labute approximate surface area is 132 Å². The first kappa shape index (κ1) is 16.0. The second kappa shape index (κ2) is 8.16. The molecule has 1 aliphatic heterocycles. The molecule has 0 saturated carbocycles. The van der Waals surface area contributed by atoms with Gasteiger partial charge in [-0.15, -0.1) is 0 Å². The highest BCUT2D eigenvalue weighted by Gasteiger charge is 2.26. The van der Waals surface area contributed by atoms with Crippen LogP contribution in [-0.4, -0.2) is 30.1 Å². The van der Waals surface area contributed by atoms with Gasteiger partial charge in [-0.3, -0.25) is 4.90 Å². The average molecular weight is 339 g/mol. The van der Waals surface area contributed by atoms with E-state index < -0.39 is 0 Å². The van der Waals surface area contributed by atoms with Crippen molar-refractivity contribution in [3.63, 3.8) is 0 Å². The first-order valence-electron chi connectivity index (χ1n) is 7.94. The Hall–Kier alpha value is -0.380. The van der Waals surface area contributed by atoms with Crippen LogP contribution in [0.25, 0.3) is 0 Å². The maximum absolute atomic E-state index is 3.73. The topological polar surface area (TPSA) is 15.3 Å². The third-order valence-corrected chi connectivity index (χ3v) is 4.64. The van der Waals surface area contributed by atoms with Crippen LogP contribution in [0.3, 0.4) is 0 Å². The van der Waals surface area contributed by atoms with E-state index in [0.717, 1.165) is 13.1 Å². The van der Waals surface area contributed by atoms with Crippen LogP contribution in [0.2, 0.25) is 0 Å². The standard InChI is InChI=1S/C17H27BrN2/c1-3-6-16-13-20(17(7-4-2)11-19-16)12-14-8-5-9-15(18)10-14/h5,8-10,16-17,19H,3-4,6-7,11-13H2,1-2H3. The molecule has 1 N–H and O–H groups in total. The Morgan fingerprint density at radius 3 is 2.75 bits per heavy atom. The van der Waals surface area contributed by atoms with Crippen molar-refractivity contribution in [2.24, 2.45) is 0 Å². The summed E-state index contributed by atoms with van der Waals surface area (Å²) in [6, 6.07) is 10.1. The maximum Gasteiger partial charge on any atom is 0.0238 e. The van der Waals surface area contributed by atoms with Crippen molar-refractivity contribution < 1.29 is 0 Å². The van der Waals surface area contributed by atoms with Crippen molar-refractivity contribution in [3.8, 4) is 0 Å². The largest absolute Gasteiger partial charge is 0.311 e. The van der Waals surface area contributed by atoms with Gasteiger partial charge in [0.05, 0.1) is 0 Å². The van der Waals surface area contributed by atoms with Crippen LogP contribution in [-0.2, 0) is 6.54 Å². The molecular weight excluding hydrogens is 312 g/mol. The van der Waals surface area contributed by atoms with E-state index in [9.17, 15) is 0 Å². The molecule has 1 heterocycles. The number of hydrogen-bond donors (Lipinski definition) is 1. The molecule has 2 nitrogen and oxygen atoms in total. The predicted octanol–water partition coefficient (Wildman–Crippen LogP) is 4.19. The van der Waals surface area contributed by atoms with Gasteiger partial charge in [0.1, 0.15) is 0 Å². The molecule has 2 rings (SSSR count). The molecule has 1 saturated heterocycles. The van der Waals surface area contributed by atoms with Crippen LogP contribution in [0.4, 0.5) is 0 Å². The van der Waals surface area contributed by atoms with Gasteiger partial charge in [0.15, 0.2) is 0 Å². The molecule has 0 spiro atoms. The maximum atomic E-state index is 3.73. The second-order valence-electron chi connectivity index (χ2n) is 5.90. The lowest BCUT2D eigenvalue weighted by atomic mass is 10.0. The predicted molar refractivity (Wildman–Crippen MR) is 89.9 cm³/mol. The van der Waals surface area contributed by atoms with Crippen LogP contribution in [0.5, 0.6) is 0 Å². The minimum Gasteiger partial charge on any atom is -0.311 e. The fraction of sp³-hybridized carbons (Fsp3) is 0.647. The highest BCUT2D eigenvalue weighted by molar-refractivity contribution is 9.10. The zero-order valence-electron chi connectivity index (χ0n) is 12.7. The lowest BCUT2D eigenvalue weighted by molar-refractivity contribution is 0.112. The Bertz CT molecular complexity index is 408. The van der Waals surface area contributed by atoms with Gasteiger partial charge in [-0.1, -0.05) is 54.8 Å². The lowest BCUT2D eigenvalue weighted by Gasteiger charge is -2.40. The molecule has 2 unspecified atom stereocenters. The van der Waals surface area contributed by atoms with Crippen molar-refractivity contribution in [3.05, 3.63) is 34.3 Å².